The van der Waals surface area contributed by atoms with Crippen molar-refractivity contribution in [1.29, 1.82) is 0 Å². The van der Waals surface area contributed by atoms with Crippen LogP contribution in [0, 0.1) is 0 Å². The van der Waals surface area contributed by atoms with Gasteiger partial charge < -0.3 is 15.0 Å². The number of aromatic nitrogens is 2. The lowest BCUT2D eigenvalue weighted by atomic mass is 10.4. The maximum atomic E-state index is 9.29. The molecule has 14 heavy (non-hydrogen) atoms. The number of aliphatic hydroxyl groups is 1. The molecule has 5 nitrogen and oxygen atoms in total. The highest BCUT2D eigenvalue weighted by Crippen LogP contribution is 1.94. The van der Waals surface area contributed by atoms with Gasteiger partial charge in [-0.3, -0.25) is 0 Å². The number of carbonyl (C=O) groups excluding carboxylic acids is 1. The van der Waals surface area contributed by atoms with E-state index in [2.05, 4.69) is 0 Å². The highest BCUT2D eigenvalue weighted by atomic mass is 16.4. The van der Waals surface area contributed by atoms with Crippen molar-refractivity contribution in [2.24, 2.45) is 7.05 Å². The molecule has 0 aliphatic rings. The Kier molecular flexibility index (Phi) is 5.55. The predicted octanol–water partition coefficient (Wildman–Crippen LogP) is -1.03. The molecule has 5 heteroatoms. The van der Waals surface area contributed by atoms with Gasteiger partial charge in [-0.25, -0.2) is 9.13 Å². The third-order valence-electron chi connectivity index (χ3n) is 1.50. The topological polar surface area (TPSA) is 69.2 Å². The zero-order chi connectivity index (χ0) is 11.1. The fourth-order valence-electron chi connectivity index (χ4n) is 0.857. The molecule has 1 aromatic heterocycles. The minimum Gasteiger partial charge on any atom is -0.550 e. The van der Waals surface area contributed by atoms with E-state index < -0.39 is 5.97 Å². The molecule has 0 saturated heterocycles. The molecule has 0 fully saturated rings. The molecule has 1 aromatic rings. The van der Waals surface area contributed by atoms with Crippen LogP contribution in [-0.4, -0.2) is 15.6 Å². The SMILES string of the molecule is CC(=O)[O-].CCC(O)[n+]1ccn(C)c1. The van der Waals surface area contributed by atoms with Crippen LogP contribution < -0.4 is 9.67 Å². The van der Waals surface area contributed by atoms with Crippen LogP contribution in [0.1, 0.15) is 26.5 Å². The molecule has 1 rings (SSSR count). The molecule has 80 valence electrons. The molecular formula is C9H16N2O3. The molecule has 0 radical (unpaired) electrons. The lowest BCUT2D eigenvalue weighted by Crippen LogP contribution is -2.36. The summed E-state index contributed by atoms with van der Waals surface area (Å²) in [5, 5.41) is 18.2. The van der Waals surface area contributed by atoms with E-state index in [4.69, 9.17) is 9.90 Å². The molecule has 0 saturated carbocycles. The average Bonchev–Trinajstić information content (AvgIpc) is 2.49. The number of nitrogens with zero attached hydrogens (tertiary/aromatic N) is 2. The van der Waals surface area contributed by atoms with Gasteiger partial charge in [-0.15, -0.1) is 0 Å². The first-order chi connectivity index (χ1) is 6.47. The third-order valence-corrected chi connectivity index (χ3v) is 1.50. The average molecular weight is 200 g/mol. The highest BCUT2D eigenvalue weighted by molar-refractivity contribution is 5.60. The molecule has 0 aliphatic heterocycles. The summed E-state index contributed by atoms with van der Waals surface area (Å²) in [6, 6.07) is 0. The van der Waals surface area contributed by atoms with Crippen molar-refractivity contribution in [3.63, 3.8) is 0 Å². The molecule has 0 spiro atoms. The van der Waals surface area contributed by atoms with Crippen LogP contribution in [0.5, 0.6) is 0 Å². The van der Waals surface area contributed by atoms with Crippen molar-refractivity contribution in [3.05, 3.63) is 18.7 Å². The van der Waals surface area contributed by atoms with Gasteiger partial charge in [-0.2, -0.15) is 0 Å². The van der Waals surface area contributed by atoms with Crippen LogP contribution >= 0.6 is 0 Å². The van der Waals surface area contributed by atoms with E-state index >= 15 is 0 Å². The molecule has 0 aliphatic carbocycles. The second kappa shape index (κ2) is 6.15. The lowest BCUT2D eigenvalue weighted by Gasteiger charge is -2.00. The molecule has 1 N–H and O–H groups in total. The summed E-state index contributed by atoms with van der Waals surface area (Å²) in [5.41, 5.74) is 0. The Labute approximate surface area is 83.2 Å². The van der Waals surface area contributed by atoms with Crippen molar-refractivity contribution in [3.8, 4) is 0 Å². The molecule has 0 bridgehead atoms. The van der Waals surface area contributed by atoms with Gasteiger partial charge in [0.25, 0.3) is 0 Å². The van der Waals surface area contributed by atoms with Gasteiger partial charge in [0, 0.05) is 12.4 Å². The standard InChI is InChI=1S/C7H13N2O.C2H4O2/c1-3-7(10)9-5-4-8(2)6-9;1-2(3)4/h4-7,10H,3H2,1-2H3;1H3,(H,3,4)/q+1;/p-1. The molecular weight excluding hydrogens is 184 g/mol. The van der Waals surface area contributed by atoms with E-state index in [-0.39, 0.29) is 6.23 Å². The van der Waals surface area contributed by atoms with Crippen molar-refractivity contribution in [2.75, 3.05) is 0 Å². The number of aliphatic hydroxyl groups excluding tert-OH is 1. The Balaban J connectivity index is 0.000000364. The number of rotatable bonds is 2. The van der Waals surface area contributed by atoms with E-state index in [0.29, 0.717) is 0 Å². The van der Waals surface area contributed by atoms with Gasteiger partial charge in [-0.05, 0) is 6.92 Å². The molecule has 0 aromatic carbocycles. The first-order valence-corrected chi connectivity index (χ1v) is 4.35. The monoisotopic (exact) mass is 200 g/mol. The minimum absolute atomic E-state index is 0.374. The van der Waals surface area contributed by atoms with Crippen molar-refractivity contribution in [1.82, 2.24) is 4.57 Å². The number of imidazole rings is 1. The van der Waals surface area contributed by atoms with Crippen LogP contribution in [0.4, 0.5) is 0 Å². The smallest absolute Gasteiger partial charge is 0.245 e. The Bertz CT molecular complexity index is 279. The number of carbonyl (C=O) groups is 1. The first kappa shape index (κ1) is 12.6. The zero-order valence-corrected chi connectivity index (χ0v) is 8.67. The second-order valence-electron chi connectivity index (χ2n) is 2.91. The summed E-state index contributed by atoms with van der Waals surface area (Å²) in [4.78, 5) is 8.89. The molecule has 1 heterocycles. The van der Waals surface area contributed by atoms with E-state index in [1.54, 1.807) is 4.57 Å². The van der Waals surface area contributed by atoms with E-state index in [1.807, 2.05) is 37.3 Å². The summed E-state index contributed by atoms with van der Waals surface area (Å²) in [6.45, 7) is 2.92. The number of hydrogen-bond acceptors (Lipinski definition) is 3. The van der Waals surface area contributed by atoms with E-state index in [9.17, 15) is 5.11 Å². The van der Waals surface area contributed by atoms with Crippen molar-refractivity contribution < 1.29 is 19.6 Å². The second-order valence-corrected chi connectivity index (χ2v) is 2.91. The fraction of sp³-hybridized carbons (Fsp3) is 0.556. The van der Waals surface area contributed by atoms with Crippen LogP contribution in [0.25, 0.3) is 0 Å². The normalized spacial score (nSPS) is 11.4. The Hall–Kier alpha value is -1.36. The lowest BCUT2D eigenvalue weighted by molar-refractivity contribution is -0.759. The van der Waals surface area contributed by atoms with E-state index in [1.165, 1.54) is 0 Å². The van der Waals surface area contributed by atoms with Crippen LogP contribution in [0.2, 0.25) is 0 Å². The Morgan fingerprint density at radius 3 is 2.50 bits per heavy atom. The van der Waals surface area contributed by atoms with Gasteiger partial charge >= 0.3 is 0 Å². The number of carboxylic acids is 1. The van der Waals surface area contributed by atoms with Crippen LogP contribution in [-0.2, 0) is 11.8 Å². The fourth-order valence-corrected chi connectivity index (χ4v) is 0.857. The number of hydrogen-bond donors (Lipinski definition) is 1. The molecule has 1 atom stereocenters. The van der Waals surface area contributed by atoms with Crippen LogP contribution in [0.15, 0.2) is 18.7 Å². The third kappa shape index (κ3) is 5.31. The van der Waals surface area contributed by atoms with Crippen LogP contribution in [0.3, 0.4) is 0 Å². The van der Waals surface area contributed by atoms with Gasteiger partial charge in [0.2, 0.25) is 6.33 Å². The first-order valence-electron chi connectivity index (χ1n) is 4.35. The van der Waals surface area contributed by atoms with E-state index in [0.717, 1.165) is 13.3 Å². The minimum atomic E-state index is -1.08. The quantitative estimate of drug-likeness (QED) is 0.621. The van der Waals surface area contributed by atoms with Gasteiger partial charge in [-0.1, -0.05) is 6.92 Å². The summed E-state index contributed by atoms with van der Waals surface area (Å²) in [6.07, 6.45) is 5.98. The molecule has 0 amide bonds. The predicted molar refractivity (Wildman–Crippen MR) is 47.8 cm³/mol. The Morgan fingerprint density at radius 1 is 1.71 bits per heavy atom. The maximum Gasteiger partial charge on any atom is 0.245 e. The summed E-state index contributed by atoms with van der Waals surface area (Å²) in [7, 11) is 1.93. The van der Waals surface area contributed by atoms with Gasteiger partial charge in [0.1, 0.15) is 12.4 Å². The summed E-state index contributed by atoms with van der Waals surface area (Å²) >= 11 is 0. The number of aliphatic carboxylic acids is 1. The Morgan fingerprint density at radius 2 is 2.21 bits per heavy atom. The molecule has 1 unspecified atom stereocenters. The number of carboxylic acid groups (broad SMARTS) is 1. The summed E-state index contributed by atoms with van der Waals surface area (Å²) in [5.74, 6) is -1.08. The largest absolute Gasteiger partial charge is 0.550 e. The van der Waals surface area contributed by atoms with Gasteiger partial charge in [0.05, 0.1) is 7.05 Å². The summed E-state index contributed by atoms with van der Waals surface area (Å²) < 4.78 is 3.68. The zero-order valence-electron chi connectivity index (χ0n) is 8.67. The van der Waals surface area contributed by atoms with Gasteiger partial charge in [0.15, 0.2) is 6.23 Å². The highest BCUT2D eigenvalue weighted by Gasteiger charge is 2.07. The van der Waals surface area contributed by atoms with Crippen molar-refractivity contribution in [2.45, 2.75) is 26.5 Å². The number of aryl methyl sites for hydroxylation is 1. The maximum absolute atomic E-state index is 9.29. The van der Waals surface area contributed by atoms with Crippen molar-refractivity contribution >= 4 is 5.97 Å².